The van der Waals surface area contributed by atoms with Gasteiger partial charge in [-0.1, -0.05) is 24.6 Å². The molecule has 4 atom stereocenters. The number of carbonyl (C=O) groups is 2. The fourth-order valence-corrected chi connectivity index (χ4v) is 5.06. The van der Waals surface area contributed by atoms with Crippen LogP contribution < -0.4 is 4.90 Å². The Morgan fingerprint density at radius 3 is 2.69 bits per heavy atom. The molecular formula is C21H28N2O3. The number of benzene rings is 1. The molecule has 0 radical (unpaired) electrons. The van der Waals surface area contributed by atoms with Crippen LogP contribution in [0.5, 0.6) is 0 Å². The van der Waals surface area contributed by atoms with Crippen LogP contribution in [0, 0.1) is 11.8 Å². The van der Waals surface area contributed by atoms with Gasteiger partial charge in [0, 0.05) is 57.1 Å². The lowest BCUT2D eigenvalue weighted by Crippen LogP contribution is -2.45. The van der Waals surface area contributed by atoms with Gasteiger partial charge in [0.15, 0.2) is 0 Å². The number of fused-ring (bicyclic) bond motifs is 3. The van der Waals surface area contributed by atoms with Crippen molar-refractivity contribution in [2.24, 2.45) is 11.8 Å². The van der Waals surface area contributed by atoms with Crippen molar-refractivity contribution < 1.29 is 14.3 Å². The maximum Gasteiger partial charge on any atom is 0.230 e. The van der Waals surface area contributed by atoms with Crippen LogP contribution in [-0.2, 0) is 14.3 Å². The number of hydrogen-bond donors (Lipinski definition) is 0. The number of hydrogen-bond acceptors (Lipinski definition) is 3. The van der Waals surface area contributed by atoms with E-state index in [0.717, 1.165) is 51.0 Å². The second-order valence-electron chi connectivity index (χ2n) is 8.02. The first-order chi connectivity index (χ1) is 12.6. The summed E-state index contributed by atoms with van der Waals surface area (Å²) < 4.78 is 5.52. The quantitative estimate of drug-likeness (QED) is 0.819. The van der Waals surface area contributed by atoms with Gasteiger partial charge in [-0.3, -0.25) is 9.59 Å². The van der Waals surface area contributed by atoms with Gasteiger partial charge in [-0.15, -0.1) is 0 Å². The lowest BCUT2D eigenvalue weighted by atomic mass is 9.81. The average Bonchev–Trinajstić information content (AvgIpc) is 3.11. The molecule has 1 saturated heterocycles. The van der Waals surface area contributed by atoms with Crippen LogP contribution >= 0.6 is 0 Å². The van der Waals surface area contributed by atoms with Crippen LogP contribution in [0.15, 0.2) is 24.3 Å². The maximum absolute atomic E-state index is 13.4. The molecular weight excluding hydrogens is 328 g/mol. The molecule has 4 rings (SSSR count). The highest BCUT2D eigenvalue weighted by Gasteiger charge is 2.43. The van der Waals surface area contributed by atoms with Crippen LogP contribution in [-0.4, -0.2) is 49.6 Å². The number of ether oxygens (including phenoxy) is 1. The van der Waals surface area contributed by atoms with Gasteiger partial charge in [0.1, 0.15) is 0 Å². The molecule has 3 aliphatic rings. The highest BCUT2D eigenvalue weighted by molar-refractivity contribution is 5.96. The van der Waals surface area contributed by atoms with E-state index in [1.165, 1.54) is 5.56 Å². The Bertz CT molecular complexity index is 704. The van der Waals surface area contributed by atoms with Crippen molar-refractivity contribution >= 4 is 17.5 Å². The molecule has 1 saturated carbocycles. The molecule has 0 bridgehead atoms. The summed E-state index contributed by atoms with van der Waals surface area (Å²) in [5.41, 5.74) is 2.27. The molecule has 0 aromatic heterocycles. The third-order valence-electron chi connectivity index (χ3n) is 6.51. The summed E-state index contributed by atoms with van der Waals surface area (Å²) in [4.78, 5) is 29.2. The Balaban J connectivity index is 1.60. The predicted octanol–water partition coefficient (Wildman–Crippen LogP) is 2.80. The Kier molecular flexibility index (Phi) is 4.74. The first kappa shape index (κ1) is 17.5. The topological polar surface area (TPSA) is 49.9 Å². The number of anilines is 1. The molecule has 5 nitrogen and oxygen atoms in total. The van der Waals surface area contributed by atoms with Crippen LogP contribution in [0.4, 0.5) is 5.69 Å². The molecule has 140 valence electrons. The van der Waals surface area contributed by atoms with Crippen molar-refractivity contribution in [1.82, 2.24) is 4.90 Å². The van der Waals surface area contributed by atoms with Crippen molar-refractivity contribution in [3.8, 4) is 0 Å². The minimum absolute atomic E-state index is 0.0450. The molecule has 26 heavy (non-hydrogen) atoms. The lowest BCUT2D eigenvalue weighted by molar-refractivity contribution is -0.127. The zero-order chi connectivity index (χ0) is 18.3. The van der Waals surface area contributed by atoms with Crippen molar-refractivity contribution in [1.29, 1.82) is 0 Å². The summed E-state index contributed by atoms with van der Waals surface area (Å²) in [6.07, 6.45) is 4.07. The van der Waals surface area contributed by atoms with E-state index in [2.05, 4.69) is 12.1 Å². The molecule has 1 aromatic carbocycles. The van der Waals surface area contributed by atoms with Gasteiger partial charge in [0.25, 0.3) is 0 Å². The Labute approximate surface area is 155 Å². The SMILES string of the molecule is CO[C@@H]1CCC[C@H](C(=O)N2C[C@H]3CN(C(C)=O)C[C@H]3c3ccccc32)C1. The third kappa shape index (κ3) is 3.02. The van der Waals surface area contributed by atoms with Crippen molar-refractivity contribution in [3.63, 3.8) is 0 Å². The van der Waals surface area contributed by atoms with Crippen LogP contribution in [0.3, 0.4) is 0 Å². The lowest BCUT2D eigenvalue weighted by Gasteiger charge is -2.39. The van der Waals surface area contributed by atoms with Crippen molar-refractivity contribution in [2.45, 2.75) is 44.6 Å². The number of likely N-dealkylation sites (tertiary alicyclic amines) is 1. The number of para-hydroxylation sites is 1. The standard InChI is InChI=1S/C21H28N2O3/c1-14(24)22-11-16-12-23(20-9-4-3-8-18(20)19(16)13-22)21(25)15-6-5-7-17(10-15)26-2/h3-4,8-9,15-17,19H,5-7,10-13H2,1-2H3/t15-,16+,17+,19+/m0/s1. The largest absolute Gasteiger partial charge is 0.381 e. The zero-order valence-electron chi connectivity index (χ0n) is 15.7. The second-order valence-corrected chi connectivity index (χ2v) is 8.02. The minimum atomic E-state index is 0.0450. The monoisotopic (exact) mass is 356 g/mol. The molecule has 1 aliphatic carbocycles. The number of carbonyl (C=O) groups excluding carboxylic acids is 2. The average molecular weight is 356 g/mol. The fourth-order valence-electron chi connectivity index (χ4n) is 5.06. The smallest absolute Gasteiger partial charge is 0.230 e. The number of rotatable bonds is 2. The van der Waals surface area contributed by atoms with Gasteiger partial charge in [-0.25, -0.2) is 0 Å². The highest BCUT2D eigenvalue weighted by atomic mass is 16.5. The molecule has 0 spiro atoms. The van der Waals surface area contributed by atoms with Gasteiger partial charge in [-0.05, 0) is 30.9 Å². The molecule has 2 heterocycles. The van der Waals surface area contributed by atoms with E-state index in [1.807, 2.05) is 21.9 Å². The summed E-state index contributed by atoms with van der Waals surface area (Å²) in [6, 6.07) is 8.25. The molecule has 5 heteroatoms. The minimum Gasteiger partial charge on any atom is -0.381 e. The van der Waals surface area contributed by atoms with E-state index in [9.17, 15) is 9.59 Å². The molecule has 0 unspecified atom stereocenters. The first-order valence-electron chi connectivity index (χ1n) is 9.77. The summed E-state index contributed by atoms with van der Waals surface area (Å²) >= 11 is 0. The van der Waals surface area contributed by atoms with Gasteiger partial charge >= 0.3 is 0 Å². The number of nitrogens with zero attached hydrogens (tertiary/aromatic N) is 2. The summed E-state index contributed by atoms with van der Waals surface area (Å²) in [5, 5.41) is 0. The maximum atomic E-state index is 13.4. The molecule has 2 amide bonds. The Morgan fingerprint density at radius 1 is 1.12 bits per heavy atom. The Morgan fingerprint density at radius 2 is 1.92 bits per heavy atom. The van der Waals surface area contributed by atoms with E-state index in [0.29, 0.717) is 11.8 Å². The summed E-state index contributed by atoms with van der Waals surface area (Å²) in [5.74, 6) is 1.09. The van der Waals surface area contributed by atoms with E-state index in [-0.39, 0.29) is 23.8 Å². The first-order valence-corrected chi connectivity index (χ1v) is 9.77. The second kappa shape index (κ2) is 7.03. The predicted molar refractivity (Wildman–Crippen MR) is 100 cm³/mol. The fraction of sp³-hybridized carbons (Fsp3) is 0.619. The van der Waals surface area contributed by atoms with Crippen molar-refractivity contribution in [3.05, 3.63) is 29.8 Å². The van der Waals surface area contributed by atoms with Crippen LogP contribution in [0.25, 0.3) is 0 Å². The number of methoxy groups -OCH3 is 1. The third-order valence-corrected chi connectivity index (χ3v) is 6.51. The zero-order valence-corrected chi connectivity index (χ0v) is 15.7. The van der Waals surface area contributed by atoms with E-state index >= 15 is 0 Å². The highest BCUT2D eigenvalue weighted by Crippen LogP contribution is 2.44. The van der Waals surface area contributed by atoms with E-state index in [4.69, 9.17) is 4.74 Å². The molecule has 0 N–H and O–H groups in total. The Hall–Kier alpha value is -1.88. The summed E-state index contributed by atoms with van der Waals surface area (Å²) in [6.45, 7) is 3.88. The summed E-state index contributed by atoms with van der Waals surface area (Å²) in [7, 11) is 1.74. The normalized spacial score (nSPS) is 30.7. The van der Waals surface area contributed by atoms with E-state index < -0.39 is 0 Å². The van der Waals surface area contributed by atoms with Gasteiger partial charge in [0.2, 0.25) is 11.8 Å². The van der Waals surface area contributed by atoms with Gasteiger partial charge < -0.3 is 14.5 Å². The molecule has 2 fully saturated rings. The van der Waals surface area contributed by atoms with E-state index in [1.54, 1.807) is 14.0 Å². The van der Waals surface area contributed by atoms with Crippen LogP contribution in [0.1, 0.15) is 44.1 Å². The van der Waals surface area contributed by atoms with Gasteiger partial charge in [0.05, 0.1) is 6.10 Å². The van der Waals surface area contributed by atoms with Crippen molar-refractivity contribution in [2.75, 3.05) is 31.6 Å². The molecule has 2 aliphatic heterocycles. The molecule has 1 aromatic rings. The number of amides is 2. The van der Waals surface area contributed by atoms with Gasteiger partial charge in [-0.2, -0.15) is 0 Å². The van der Waals surface area contributed by atoms with Crippen LogP contribution in [0.2, 0.25) is 0 Å².